The van der Waals surface area contributed by atoms with Crippen molar-refractivity contribution in [3.63, 3.8) is 0 Å². The van der Waals surface area contributed by atoms with Crippen LogP contribution in [0.1, 0.15) is 0 Å². The van der Waals surface area contributed by atoms with Crippen LogP contribution < -0.4 is 21.7 Å². The molecule has 16 heteroatoms. The maximum absolute atomic E-state index is 12.3. The minimum Gasteiger partial charge on any atom is -0.480 e. The van der Waals surface area contributed by atoms with Gasteiger partial charge in [-0.1, -0.05) is 0 Å². The van der Waals surface area contributed by atoms with E-state index in [1.54, 1.807) is 0 Å². The highest BCUT2D eigenvalue weighted by atomic mass is 32.2. The molecule has 0 aliphatic rings. The highest BCUT2D eigenvalue weighted by molar-refractivity contribution is 7.85. The van der Waals surface area contributed by atoms with Crippen molar-refractivity contribution in [1.29, 1.82) is 0 Å². The smallest absolute Gasteiger partial charge is 0.327 e. The molecule has 162 valence electrons. The molecule has 0 rings (SSSR count). The first-order valence-electron chi connectivity index (χ1n) is 7.53. The number of carboxylic acids is 1. The van der Waals surface area contributed by atoms with E-state index >= 15 is 0 Å². The van der Waals surface area contributed by atoms with E-state index in [0.717, 1.165) is 0 Å². The Balaban J connectivity index is 5.35. The van der Waals surface area contributed by atoms with Crippen LogP contribution in [0.2, 0.25) is 0 Å². The molecule has 0 aromatic heterocycles. The number of nitrogens with one attached hydrogen (secondary N) is 3. The summed E-state index contributed by atoms with van der Waals surface area (Å²) in [5.74, 6) is -6.16. The molecule has 7 N–H and O–H groups in total. The van der Waals surface area contributed by atoms with Gasteiger partial charge in [0.2, 0.25) is 17.7 Å². The average molecular weight is 479 g/mol. The summed E-state index contributed by atoms with van der Waals surface area (Å²) in [4.78, 5) is 47.2. The highest BCUT2D eigenvalue weighted by Gasteiger charge is 2.32. The van der Waals surface area contributed by atoms with Gasteiger partial charge in [0, 0.05) is 17.3 Å². The summed E-state index contributed by atoms with van der Waals surface area (Å²) in [5.41, 5.74) is 5.47. The zero-order valence-electron chi connectivity index (χ0n) is 14.3. The Kier molecular flexibility index (Phi) is 11.9. The SMILES string of the molecule is N[C@@H](CS)C(=O)N[C@@H](CS)C(=O)N[C@@H](CS(=O)(=O)O)C(=O)N[C@@H](CS)C(=O)O. The van der Waals surface area contributed by atoms with Gasteiger partial charge in [-0.05, 0) is 0 Å². The van der Waals surface area contributed by atoms with Gasteiger partial charge in [-0.2, -0.15) is 46.3 Å². The van der Waals surface area contributed by atoms with E-state index in [1.165, 1.54) is 0 Å². The Bertz CT molecular complexity index is 689. The molecule has 0 aromatic carbocycles. The molecular formula is C12H22N4O8S4. The van der Waals surface area contributed by atoms with Crippen molar-refractivity contribution in [2.45, 2.75) is 24.2 Å². The molecule has 0 aliphatic carbocycles. The largest absolute Gasteiger partial charge is 0.480 e. The summed E-state index contributed by atoms with van der Waals surface area (Å²) in [6.45, 7) is 0. The lowest BCUT2D eigenvalue weighted by molar-refractivity contribution is -0.141. The zero-order chi connectivity index (χ0) is 22.1. The molecular weight excluding hydrogens is 456 g/mol. The van der Waals surface area contributed by atoms with E-state index in [4.69, 9.17) is 15.4 Å². The number of nitrogens with two attached hydrogens (primary N) is 1. The molecule has 12 nitrogen and oxygen atoms in total. The van der Waals surface area contributed by atoms with Gasteiger partial charge in [-0.15, -0.1) is 0 Å². The number of rotatable bonds is 12. The van der Waals surface area contributed by atoms with E-state index in [-0.39, 0.29) is 17.3 Å². The van der Waals surface area contributed by atoms with Crippen molar-refractivity contribution < 1.29 is 37.3 Å². The predicted octanol–water partition coefficient (Wildman–Crippen LogP) is -3.47. The summed E-state index contributed by atoms with van der Waals surface area (Å²) in [6, 6.07) is -5.63. The first-order valence-corrected chi connectivity index (χ1v) is 11.0. The lowest BCUT2D eigenvalue weighted by atomic mass is 10.2. The molecule has 0 radical (unpaired) electrons. The van der Waals surface area contributed by atoms with Crippen molar-refractivity contribution in [2.75, 3.05) is 23.0 Å². The molecule has 0 fully saturated rings. The summed E-state index contributed by atoms with van der Waals surface area (Å²) in [7, 11) is -4.73. The van der Waals surface area contributed by atoms with Crippen LogP contribution in [0.25, 0.3) is 0 Å². The fourth-order valence-corrected chi connectivity index (χ4v) is 3.01. The average Bonchev–Trinajstić information content (AvgIpc) is 2.60. The molecule has 3 amide bonds. The number of carbonyl (C=O) groups excluding carboxylic acids is 3. The van der Waals surface area contributed by atoms with E-state index in [1.807, 2.05) is 10.6 Å². The number of carboxylic acid groups (broad SMARTS) is 1. The molecule has 0 spiro atoms. The molecule has 0 heterocycles. The van der Waals surface area contributed by atoms with Crippen LogP contribution in [0.5, 0.6) is 0 Å². The van der Waals surface area contributed by atoms with Gasteiger partial charge in [0.25, 0.3) is 10.1 Å². The maximum Gasteiger partial charge on any atom is 0.327 e. The second-order valence-corrected chi connectivity index (χ2v) is 8.02. The molecule has 4 atom stereocenters. The summed E-state index contributed by atoms with van der Waals surface area (Å²) in [5, 5.41) is 15.2. The Morgan fingerprint density at radius 3 is 1.64 bits per heavy atom. The molecule has 0 saturated heterocycles. The van der Waals surface area contributed by atoms with E-state index in [0.29, 0.717) is 0 Å². The van der Waals surface area contributed by atoms with Gasteiger partial charge in [0.15, 0.2) is 0 Å². The first-order chi connectivity index (χ1) is 12.9. The van der Waals surface area contributed by atoms with Crippen molar-refractivity contribution >= 4 is 71.7 Å². The van der Waals surface area contributed by atoms with E-state index in [9.17, 15) is 27.6 Å². The van der Waals surface area contributed by atoms with Crippen LogP contribution in [0.15, 0.2) is 0 Å². The van der Waals surface area contributed by atoms with Crippen LogP contribution in [-0.4, -0.2) is 88.9 Å². The molecule has 28 heavy (non-hydrogen) atoms. The maximum atomic E-state index is 12.3. The quantitative estimate of drug-likeness (QED) is 0.101. The van der Waals surface area contributed by atoms with Gasteiger partial charge in [0.1, 0.15) is 23.9 Å². The molecule has 0 saturated carbocycles. The van der Waals surface area contributed by atoms with Crippen LogP contribution in [0, 0.1) is 0 Å². The fourth-order valence-electron chi connectivity index (χ4n) is 1.68. The van der Waals surface area contributed by atoms with Crippen molar-refractivity contribution in [3.05, 3.63) is 0 Å². The van der Waals surface area contributed by atoms with E-state index < -0.39 is 63.7 Å². The van der Waals surface area contributed by atoms with Gasteiger partial charge in [0.05, 0.1) is 6.04 Å². The van der Waals surface area contributed by atoms with Crippen molar-refractivity contribution in [1.82, 2.24) is 16.0 Å². The summed E-state index contributed by atoms with van der Waals surface area (Å²) >= 11 is 11.5. The minimum atomic E-state index is -4.73. The van der Waals surface area contributed by atoms with Gasteiger partial charge >= 0.3 is 5.97 Å². The second-order valence-electron chi connectivity index (χ2n) is 5.42. The third-order valence-electron chi connectivity index (χ3n) is 3.16. The highest BCUT2D eigenvalue weighted by Crippen LogP contribution is 1.99. The number of carbonyl (C=O) groups is 4. The van der Waals surface area contributed by atoms with Crippen molar-refractivity contribution in [3.8, 4) is 0 Å². The number of amides is 3. The van der Waals surface area contributed by atoms with Crippen LogP contribution in [-0.2, 0) is 29.3 Å². The van der Waals surface area contributed by atoms with Gasteiger partial charge in [-0.25, -0.2) is 4.79 Å². The number of thiol groups is 3. The number of hydrogen-bond acceptors (Lipinski definition) is 10. The van der Waals surface area contributed by atoms with Gasteiger partial charge in [-0.3, -0.25) is 18.9 Å². The minimum absolute atomic E-state index is 0.0131. The molecule has 0 aromatic rings. The second kappa shape index (κ2) is 12.4. The van der Waals surface area contributed by atoms with Crippen LogP contribution in [0.3, 0.4) is 0 Å². The lowest BCUT2D eigenvalue weighted by Gasteiger charge is -2.23. The Labute approximate surface area is 177 Å². The third kappa shape index (κ3) is 9.83. The first kappa shape index (κ1) is 26.8. The Morgan fingerprint density at radius 1 is 0.821 bits per heavy atom. The third-order valence-corrected chi connectivity index (χ3v) is 5.03. The zero-order valence-corrected chi connectivity index (χ0v) is 17.8. The van der Waals surface area contributed by atoms with Gasteiger partial charge < -0.3 is 26.8 Å². The van der Waals surface area contributed by atoms with E-state index in [2.05, 4.69) is 43.2 Å². The molecule has 0 aliphatic heterocycles. The predicted molar refractivity (Wildman–Crippen MR) is 109 cm³/mol. The monoisotopic (exact) mass is 478 g/mol. The number of hydrogen-bond donors (Lipinski definition) is 9. The topological polar surface area (TPSA) is 205 Å². The number of aliphatic carboxylic acids is 1. The van der Waals surface area contributed by atoms with Crippen LogP contribution >= 0.6 is 37.9 Å². The van der Waals surface area contributed by atoms with Crippen molar-refractivity contribution in [2.24, 2.45) is 5.73 Å². The lowest BCUT2D eigenvalue weighted by Crippen LogP contribution is -2.59. The Hall–Kier alpha value is -1.20. The standard InChI is InChI=1S/C12H22N4O8S4/c13-5(1-25)9(17)14-6(2-26)10(18)16-8(4-28(22,23)24)11(19)15-7(3-27)12(20)21/h5-8,25-27H,1-4,13H2,(H,14,17)(H,15,19)(H,16,18)(H,20,21)(H,22,23,24)/t5-,6-,7-,8-/m0/s1. The Morgan fingerprint density at radius 2 is 1.25 bits per heavy atom. The fraction of sp³-hybridized carbons (Fsp3) is 0.667. The summed E-state index contributed by atoms with van der Waals surface area (Å²) < 4.78 is 31.3. The normalized spacial score (nSPS) is 15.6. The molecule has 0 bridgehead atoms. The molecule has 0 unspecified atom stereocenters. The summed E-state index contributed by atoms with van der Waals surface area (Å²) in [6.07, 6.45) is 0. The van der Waals surface area contributed by atoms with Crippen LogP contribution in [0.4, 0.5) is 0 Å².